The Morgan fingerprint density at radius 1 is 0.944 bits per heavy atom. The van der Waals surface area contributed by atoms with Crippen LogP contribution < -0.4 is 0 Å². The third-order valence-electron chi connectivity index (χ3n) is 3.21. The average molecular weight is 258 g/mol. The van der Waals surface area contributed by atoms with E-state index in [1.165, 1.54) is 0 Å². The topological polar surface area (TPSA) is 20.1 Å². The molecular weight excluding hydrogens is 246 g/mol. The number of nitrogens with zero attached hydrogens (tertiary/aromatic N) is 1. The van der Waals surface area contributed by atoms with Crippen molar-refractivity contribution in [3.8, 4) is 0 Å². The van der Waals surface area contributed by atoms with Crippen LogP contribution in [0.3, 0.4) is 0 Å². The molecule has 1 fully saturated rings. The molecule has 2 aromatic rings. The predicted molar refractivity (Wildman–Crippen MR) is 71.4 cm³/mol. The van der Waals surface area contributed by atoms with Gasteiger partial charge in [0.2, 0.25) is 0 Å². The van der Waals surface area contributed by atoms with Crippen molar-refractivity contribution >= 4 is 17.6 Å². The van der Waals surface area contributed by atoms with Gasteiger partial charge in [-0.3, -0.25) is 4.79 Å². The van der Waals surface area contributed by atoms with E-state index in [9.17, 15) is 4.79 Å². The highest BCUT2D eigenvalue weighted by Gasteiger charge is 2.52. The van der Waals surface area contributed by atoms with Gasteiger partial charge in [-0.15, -0.1) is 0 Å². The first-order valence-electron chi connectivity index (χ1n) is 5.87. The van der Waals surface area contributed by atoms with Crippen molar-refractivity contribution in [3.05, 3.63) is 71.8 Å². The molecule has 1 aliphatic heterocycles. The fourth-order valence-electron chi connectivity index (χ4n) is 2.21. The molecule has 18 heavy (non-hydrogen) atoms. The minimum atomic E-state index is -0.239. The first-order valence-corrected chi connectivity index (χ1v) is 6.21. The third kappa shape index (κ3) is 1.94. The quantitative estimate of drug-likeness (QED) is 0.477. The van der Waals surface area contributed by atoms with Crippen LogP contribution in [0.25, 0.3) is 0 Å². The number of Topliss-reactive ketones (excluding diaryl/α,β-unsaturated/α-hetero) is 1. The van der Waals surface area contributed by atoms with Gasteiger partial charge in [0.25, 0.3) is 0 Å². The Bertz CT molecular complexity index is 555. The van der Waals surface area contributed by atoms with Gasteiger partial charge in [0, 0.05) is 5.56 Å². The molecular formula is C15H12ClNO. The lowest BCUT2D eigenvalue weighted by atomic mass is 10.0. The van der Waals surface area contributed by atoms with Gasteiger partial charge in [0.15, 0.2) is 5.78 Å². The van der Waals surface area contributed by atoms with Crippen LogP contribution in [0.15, 0.2) is 60.7 Å². The van der Waals surface area contributed by atoms with Crippen LogP contribution in [0.4, 0.5) is 0 Å². The summed E-state index contributed by atoms with van der Waals surface area (Å²) in [6.07, 6.45) is 0. The predicted octanol–water partition coefficient (Wildman–Crippen LogP) is 3.45. The van der Waals surface area contributed by atoms with Crippen LogP contribution in [0.5, 0.6) is 0 Å². The summed E-state index contributed by atoms with van der Waals surface area (Å²) in [6.45, 7) is 0. The zero-order valence-electron chi connectivity index (χ0n) is 9.66. The van der Waals surface area contributed by atoms with Crippen molar-refractivity contribution in [2.75, 3.05) is 0 Å². The van der Waals surface area contributed by atoms with E-state index >= 15 is 0 Å². The van der Waals surface area contributed by atoms with Crippen molar-refractivity contribution < 1.29 is 4.79 Å². The second kappa shape index (κ2) is 4.56. The molecule has 0 amide bonds. The summed E-state index contributed by atoms with van der Waals surface area (Å²) in [4.78, 5) is 12.3. The van der Waals surface area contributed by atoms with E-state index in [-0.39, 0.29) is 17.9 Å². The van der Waals surface area contributed by atoms with Crippen molar-refractivity contribution in [2.45, 2.75) is 12.1 Å². The molecule has 0 bridgehead atoms. The number of hydrogen-bond acceptors (Lipinski definition) is 2. The lowest BCUT2D eigenvalue weighted by molar-refractivity contribution is 0.0982. The first kappa shape index (κ1) is 11.5. The van der Waals surface area contributed by atoms with Crippen LogP contribution in [-0.4, -0.2) is 16.2 Å². The Kier molecular flexibility index (Phi) is 2.90. The van der Waals surface area contributed by atoms with Crippen LogP contribution in [0, 0.1) is 0 Å². The average Bonchev–Trinajstić information content (AvgIpc) is 3.11. The molecule has 3 rings (SSSR count). The fourth-order valence-corrected chi connectivity index (χ4v) is 2.57. The second-order valence-electron chi connectivity index (χ2n) is 4.37. The van der Waals surface area contributed by atoms with Crippen molar-refractivity contribution in [2.24, 2.45) is 0 Å². The van der Waals surface area contributed by atoms with Gasteiger partial charge < -0.3 is 0 Å². The van der Waals surface area contributed by atoms with Crippen molar-refractivity contribution in [3.63, 3.8) is 0 Å². The molecule has 0 aromatic heterocycles. The van der Waals surface area contributed by atoms with E-state index < -0.39 is 0 Å². The molecule has 3 unspecified atom stereocenters. The molecule has 0 N–H and O–H groups in total. The summed E-state index contributed by atoms with van der Waals surface area (Å²) >= 11 is 6.11. The Hall–Kier alpha value is -1.64. The minimum Gasteiger partial charge on any atom is -0.292 e. The molecule has 0 saturated carbocycles. The lowest BCUT2D eigenvalue weighted by Crippen LogP contribution is -2.09. The Morgan fingerprint density at radius 3 is 2.11 bits per heavy atom. The highest BCUT2D eigenvalue weighted by molar-refractivity contribution is 6.20. The van der Waals surface area contributed by atoms with E-state index in [1.807, 2.05) is 60.7 Å². The number of carbonyl (C=O) groups excluding carboxylic acids is 1. The Balaban J connectivity index is 1.82. The van der Waals surface area contributed by atoms with Crippen molar-refractivity contribution in [1.29, 1.82) is 0 Å². The first-order chi connectivity index (χ1) is 8.79. The van der Waals surface area contributed by atoms with Gasteiger partial charge in [-0.1, -0.05) is 60.7 Å². The zero-order valence-corrected chi connectivity index (χ0v) is 10.4. The highest BCUT2D eigenvalue weighted by Crippen LogP contribution is 2.46. The van der Waals surface area contributed by atoms with E-state index in [2.05, 4.69) is 0 Å². The number of ketones is 1. The molecule has 0 aliphatic carbocycles. The summed E-state index contributed by atoms with van der Waals surface area (Å²) in [5, 5.41) is 0. The monoisotopic (exact) mass is 257 g/mol. The van der Waals surface area contributed by atoms with Gasteiger partial charge in [0.1, 0.15) is 6.04 Å². The molecule has 0 spiro atoms. The molecule has 1 aliphatic rings. The van der Waals surface area contributed by atoms with Crippen LogP contribution in [0.2, 0.25) is 0 Å². The maximum Gasteiger partial charge on any atom is 0.183 e. The second-order valence-corrected chi connectivity index (χ2v) is 4.77. The largest absolute Gasteiger partial charge is 0.292 e. The highest BCUT2D eigenvalue weighted by atomic mass is 35.5. The van der Waals surface area contributed by atoms with Crippen LogP contribution >= 0.6 is 11.8 Å². The Morgan fingerprint density at radius 2 is 1.50 bits per heavy atom. The summed E-state index contributed by atoms with van der Waals surface area (Å²) in [6, 6.07) is 18.9. The number of hydrogen-bond donors (Lipinski definition) is 0. The lowest BCUT2D eigenvalue weighted by Gasteiger charge is -1.98. The molecule has 3 heteroatoms. The standard InChI is InChI=1S/C15H12ClNO/c16-17-13(11-7-3-1-4-8-11)14(17)15(18)12-9-5-2-6-10-12/h1-10,13-14H. The maximum absolute atomic E-state index is 12.3. The number of halogens is 1. The molecule has 90 valence electrons. The molecule has 0 radical (unpaired) electrons. The Labute approximate surface area is 111 Å². The SMILES string of the molecule is O=C(c1ccccc1)C1C(c2ccccc2)N1Cl. The van der Waals surface area contributed by atoms with Gasteiger partial charge in [-0.2, -0.15) is 4.42 Å². The molecule has 1 heterocycles. The minimum absolute atomic E-state index is 0.000530. The van der Waals surface area contributed by atoms with E-state index in [0.717, 1.165) is 5.56 Å². The van der Waals surface area contributed by atoms with E-state index in [1.54, 1.807) is 4.42 Å². The van der Waals surface area contributed by atoms with Gasteiger partial charge in [0.05, 0.1) is 6.04 Å². The fraction of sp³-hybridized carbons (Fsp3) is 0.133. The van der Waals surface area contributed by atoms with E-state index in [0.29, 0.717) is 5.56 Å². The summed E-state index contributed by atoms with van der Waals surface area (Å²) < 4.78 is 1.59. The molecule has 1 saturated heterocycles. The third-order valence-corrected chi connectivity index (χ3v) is 3.63. The summed E-state index contributed by atoms with van der Waals surface area (Å²) in [5.41, 5.74) is 1.80. The van der Waals surface area contributed by atoms with Gasteiger partial charge in [-0.05, 0) is 17.3 Å². The maximum atomic E-state index is 12.3. The van der Waals surface area contributed by atoms with Crippen LogP contribution in [-0.2, 0) is 0 Å². The zero-order chi connectivity index (χ0) is 12.5. The van der Waals surface area contributed by atoms with E-state index in [4.69, 9.17) is 11.8 Å². The molecule has 3 atom stereocenters. The van der Waals surface area contributed by atoms with Gasteiger partial charge >= 0.3 is 0 Å². The number of carbonyl (C=O) groups is 1. The van der Waals surface area contributed by atoms with Crippen molar-refractivity contribution in [1.82, 2.24) is 4.42 Å². The van der Waals surface area contributed by atoms with Crippen LogP contribution in [0.1, 0.15) is 22.0 Å². The number of benzene rings is 2. The summed E-state index contributed by atoms with van der Waals surface area (Å²) in [7, 11) is 0. The molecule has 2 nitrogen and oxygen atoms in total. The van der Waals surface area contributed by atoms with Gasteiger partial charge in [-0.25, -0.2) is 0 Å². The molecule has 2 aromatic carbocycles. The summed E-state index contributed by atoms with van der Waals surface area (Å²) in [5.74, 6) is 0.0828. The smallest absolute Gasteiger partial charge is 0.183 e. The number of rotatable bonds is 3. The normalized spacial score (nSPS) is 25.7.